The number of benzene rings is 1. The smallest absolute Gasteiger partial charge is 0.175 e. The Kier molecular flexibility index (Phi) is 9.17. The fourth-order valence-electron chi connectivity index (χ4n) is 1.96. The largest absolute Gasteiger partial charge is 1.00 e. The van der Waals surface area contributed by atoms with E-state index in [1.807, 2.05) is 55.7 Å². The van der Waals surface area contributed by atoms with Crippen LogP contribution in [0, 0.1) is 0 Å². The first kappa shape index (κ1) is 18.9. The molecule has 1 heterocycles. The number of halogens is 2. The molecule has 0 bridgehead atoms. The lowest BCUT2D eigenvalue weighted by Crippen LogP contribution is -3.00. The van der Waals surface area contributed by atoms with Crippen LogP contribution in [0.2, 0.25) is 0 Å². The fourth-order valence-corrected chi connectivity index (χ4v) is 1.96. The molecule has 2 unspecified atom stereocenters. The van der Waals surface area contributed by atoms with Gasteiger partial charge in [0.15, 0.2) is 12.4 Å². The summed E-state index contributed by atoms with van der Waals surface area (Å²) in [6.07, 6.45) is 3.45. The Labute approximate surface area is 132 Å². The first-order chi connectivity index (χ1) is 8.77. The van der Waals surface area contributed by atoms with Gasteiger partial charge in [-0.2, -0.15) is 0 Å². The number of pyridine rings is 1. The summed E-state index contributed by atoms with van der Waals surface area (Å²) >= 11 is 0. The van der Waals surface area contributed by atoms with Gasteiger partial charge < -0.3 is 35.2 Å². The molecule has 2 aromatic rings. The highest BCUT2D eigenvalue weighted by molar-refractivity contribution is 5.17. The van der Waals surface area contributed by atoms with E-state index >= 15 is 0 Å². The molecule has 5 heteroatoms. The number of aliphatic hydroxyl groups excluding tert-OH is 1. The fraction of sp³-hybridized carbons (Fsp3) is 0.267. The molecule has 0 radical (unpaired) electrons. The van der Waals surface area contributed by atoms with Crippen LogP contribution < -0.4 is 35.1 Å². The van der Waals surface area contributed by atoms with Crippen molar-refractivity contribution in [3.63, 3.8) is 0 Å². The molecule has 4 N–H and O–H groups in total. The maximum Gasteiger partial charge on any atom is 0.175 e. The Balaban J connectivity index is 0.00000180. The summed E-state index contributed by atoms with van der Waals surface area (Å²) in [4.78, 5) is 3.06. The van der Waals surface area contributed by atoms with Gasteiger partial charge in [0, 0.05) is 6.07 Å². The highest BCUT2D eigenvalue weighted by Gasteiger charge is 2.18. The maximum atomic E-state index is 10.2. The molecule has 0 saturated heterocycles. The van der Waals surface area contributed by atoms with Crippen LogP contribution >= 0.6 is 0 Å². The predicted molar refractivity (Wildman–Crippen MR) is 69.5 cm³/mol. The molecule has 0 amide bonds. The summed E-state index contributed by atoms with van der Waals surface area (Å²) in [6.45, 7) is 2.91. The molecular weight excluding hydrogens is 295 g/mol. The van der Waals surface area contributed by atoms with Gasteiger partial charge in [0.25, 0.3) is 0 Å². The number of rotatable bonds is 5. The third kappa shape index (κ3) is 5.47. The number of hydrogen-bond donors (Lipinski definition) is 2. The molecule has 0 spiro atoms. The molecule has 0 fully saturated rings. The van der Waals surface area contributed by atoms with E-state index in [0.29, 0.717) is 0 Å². The zero-order valence-electron chi connectivity index (χ0n) is 11.3. The van der Waals surface area contributed by atoms with Gasteiger partial charge in [-0.1, -0.05) is 30.3 Å². The Morgan fingerprint density at radius 1 is 1.10 bits per heavy atom. The number of nitrogens with one attached hydrogen (secondary N) is 1. The van der Waals surface area contributed by atoms with Crippen LogP contribution in [0.15, 0.2) is 54.9 Å². The van der Waals surface area contributed by atoms with Gasteiger partial charge in [0.2, 0.25) is 0 Å². The lowest BCUT2D eigenvalue weighted by atomic mass is 10.0. The van der Waals surface area contributed by atoms with Gasteiger partial charge in [-0.25, -0.2) is 4.98 Å². The van der Waals surface area contributed by atoms with E-state index in [0.717, 1.165) is 12.1 Å². The number of nitrogens with two attached hydrogens (primary N) is 1. The van der Waals surface area contributed by atoms with Gasteiger partial charge in [-0.05, 0) is 18.6 Å². The Morgan fingerprint density at radius 2 is 1.80 bits per heavy atom. The summed E-state index contributed by atoms with van der Waals surface area (Å²) in [5, 5.41) is 12.4. The molecule has 0 aliphatic carbocycles. The minimum Gasteiger partial charge on any atom is -1.00 e. The lowest BCUT2D eigenvalue weighted by molar-refractivity contribution is -0.709. The standard InChI is InChI=1S/C15H18N2O.2ClH/c1-12(15(18)14-7-3-2-4-8-14)17-11-13-6-5-9-16-10-13;;/h2-10,12,15,17-18H,11H2,1H3;2*1H. The zero-order chi connectivity index (χ0) is 12.8. The molecular formula is C15H20Cl2N2O. The second kappa shape index (κ2) is 9.72. The molecule has 20 heavy (non-hydrogen) atoms. The first-order valence-electron chi connectivity index (χ1n) is 6.28. The van der Waals surface area contributed by atoms with Crippen LogP contribution in [0.3, 0.4) is 0 Å². The monoisotopic (exact) mass is 314 g/mol. The average molecular weight is 315 g/mol. The van der Waals surface area contributed by atoms with Crippen molar-refractivity contribution < 1.29 is 40.2 Å². The van der Waals surface area contributed by atoms with Gasteiger partial charge in [0.1, 0.15) is 18.7 Å². The third-order valence-electron chi connectivity index (χ3n) is 3.14. The topological polar surface area (TPSA) is 51.0 Å². The average Bonchev–Trinajstić information content (AvgIpc) is 2.46. The molecule has 2 rings (SSSR count). The third-order valence-corrected chi connectivity index (χ3v) is 3.14. The van der Waals surface area contributed by atoms with Crippen LogP contribution in [-0.2, 0) is 6.54 Å². The number of aromatic amines is 1. The minimum absolute atomic E-state index is 0. The van der Waals surface area contributed by atoms with Crippen LogP contribution in [0.4, 0.5) is 0 Å². The van der Waals surface area contributed by atoms with Crippen molar-refractivity contribution in [1.82, 2.24) is 0 Å². The van der Waals surface area contributed by atoms with E-state index in [4.69, 9.17) is 0 Å². The van der Waals surface area contributed by atoms with E-state index in [-0.39, 0.29) is 30.9 Å². The van der Waals surface area contributed by atoms with Crippen molar-refractivity contribution in [2.24, 2.45) is 0 Å². The van der Waals surface area contributed by atoms with Crippen molar-refractivity contribution in [2.45, 2.75) is 25.6 Å². The second-order valence-electron chi connectivity index (χ2n) is 4.57. The number of aromatic nitrogens is 1. The Hall–Kier alpha value is -1.13. The highest BCUT2D eigenvalue weighted by atomic mass is 35.5. The maximum absolute atomic E-state index is 10.2. The molecule has 1 aromatic carbocycles. The molecule has 3 nitrogen and oxygen atoms in total. The predicted octanol–water partition coefficient (Wildman–Crippen LogP) is -5.31. The van der Waals surface area contributed by atoms with E-state index in [1.165, 1.54) is 5.56 Å². The highest BCUT2D eigenvalue weighted by Crippen LogP contribution is 2.13. The van der Waals surface area contributed by atoms with Gasteiger partial charge in [-0.15, -0.1) is 0 Å². The normalized spacial score (nSPS) is 12.7. The zero-order valence-corrected chi connectivity index (χ0v) is 12.9. The number of hydrogen-bond acceptors (Lipinski definition) is 1. The number of quaternary nitrogens is 1. The van der Waals surface area contributed by atoms with Crippen LogP contribution in [0.1, 0.15) is 24.2 Å². The summed E-state index contributed by atoms with van der Waals surface area (Å²) in [7, 11) is 0. The Morgan fingerprint density at radius 3 is 2.40 bits per heavy atom. The SMILES string of the molecule is CC([NH2+]Cc1ccc[nH+]c1)C(O)c1ccccc1.[Cl-].[Cl-]. The molecule has 0 aliphatic rings. The lowest BCUT2D eigenvalue weighted by Gasteiger charge is -2.17. The summed E-state index contributed by atoms with van der Waals surface area (Å²) in [6, 6.07) is 14.0. The van der Waals surface area contributed by atoms with Crippen LogP contribution in [0.25, 0.3) is 0 Å². The summed E-state index contributed by atoms with van der Waals surface area (Å²) in [5.74, 6) is 0. The van der Waals surface area contributed by atoms with Crippen molar-refractivity contribution >= 4 is 0 Å². The van der Waals surface area contributed by atoms with Crippen molar-refractivity contribution in [3.05, 3.63) is 66.0 Å². The van der Waals surface area contributed by atoms with Crippen LogP contribution in [0.5, 0.6) is 0 Å². The summed E-state index contributed by atoms with van der Waals surface area (Å²) < 4.78 is 0. The molecule has 2 atom stereocenters. The number of H-pyrrole nitrogens is 1. The van der Waals surface area contributed by atoms with Crippen molar-refractivity contribution in [2.75, 3.05) is 0 Å². The quantitative estimate of drug-likeness (QED) is 0.569. The Bertz CT molecular complexity index is 468. The molecule has 110 valence electrons. The van der Waals surface area contributed by atoms with Gasteiger partial charge in [0.05, 0.1) is 5.56 Å². The van der Waals surface area contributed by atoms with Gasteiger partial charge in [-0.3, -0.25) is 0 Å². The molecule has 0 saturated carbocycles. The first-order valence-corrected chi connectivity index (χ1v) is 6.28. The minimum atomic E-state index is -0.432. The van der Waals surface area contributed by atoms with E-state index in [2.05, 4.69) is 16.4 Å². The van der Waals surface area contributed by atoms with Gasteiger partial charge >= 0.3 is 0 Å². The molecule has 0 aliphatic heterocycles. The van der Waals surface area contributed by atoms with Crippen molar-refractivity contribution in [1.29, 1.82) is 0 Å². The van der Waals surface area contributed by atoms with E-state index in [9.17, 15) is 5.11 Å². The second-order valence-corrected chi connectivity index (χ2v) is 4.57. The van der Waals surface area contributed by atoms with E-state index < -0.39 is 6.10 Å². The summed E-state index contributed by atoms with van der Waals surface area (Å²) in [5.41, 5.74) is 2.20. The van der Waals surface area contributed by atoms with Crippen molar-refractivity contribution in [3.8, 4) is 0 Å². The van der Waals surface area contributed by atoms with Crippen LogP contribution in [-0.4, -0.2) is 11.1 Å². The van der Waals surface area contributed by atoms with E-state index in [1.54, 1.807) is 0 Å². The molecule has 1 aromatic heterocycles. The number of aliphatic hydroxyl groups is 1.